The lowest BCUT2D eigenvalue weighted by Crippen LogP contribution is -2.64. The minimum atomic E-state index is -1.30. The summed E-state index contributed by atoms with van der Waals surface area (Å²) in [6.07, 6.45) is 6.44. The smallest absolute Gasteiger partial charge is 0.226 e. The zero-order valence-corrected chi connectivity index (χ0v) is 12.8. The standard InChI is InChI=1S/C16H27NO4/c1-14-3-11-2-12(4-14)6-15(5-11,7-14)13(21)17-16(8-18,9-19)10-20/h11-12,18-20H,2-10H2,1H3,(H,17,21). The van der Waals surface area contributed by atoms with Crippen LogP contribution in [0.2, 0.25) is 0 Å². The molecule has 2 atom stereocenters. The minimum Gasteiger partial charge on any atom is -0.394 e. The number of amides is 1. The van der Waals surface area contributed by atoms with Crippen molar-refractivity contribution in [2.75, 3.05) is 19.8 Å². The molecule has 1 amide bonds. The van der Waals surface area contributed by atoms with Crippen LogP contribution < -0.4 is 5.32 Å². The molecule has 4 fully saturated rings. The van der Waals surface area contributed by atoms with E-state index in [-0.39, 0.29) is 16.7 Å². The first-order valence-corrected chi connectivity index (χ1v) is 8.03. The van der Waals surface area contributed by atoms with Crippen molar-refractivity contribution in [1.29, 1.82) is 0 Å². The van der Waals surface area contributed by atoms with E-state index in [2.05, 4.69) is 12.2 Å². The molecule has 4 N–H and O–H groups in total. The maximum atomic E-state index is 12.9. The Morgan fingerprint density at radius 2 is 1.62 bits per heavy atom. The van der Waals surface area contributed by atoms with Gasteiger partial charge in [-0.25, -0.2) is 0 Å². The molecule has 0 spiro atoms. The highest BCUT2D eigenvalue weighted by atomic mass is 16.3. The Balaban J connectivity index is 1.81. The minimum absolute atomic E-state index is 0.0834. The molecule has 4 aliphatic rings. The number of aliphatic hydroxyl groups excluding tert-OH is 3. The molecule has 21 heavy (non-hydrogen) atoms. The first kappa shape index (κ1) is 15.3. The van der Waals surface area contributed by atoms with Crippen LogP contribution in [0.25, 0.3) is 0 Å². The van der Waals surface area contributed by atoms with Crippen molar-refractivity contribution in [3.05, 3.63) is 0 Å². The first-order valence-electron chi connectivity index (χ1n) is 8.03. The fourth-order valence-electron chi connectivity index (χ4n) is 5.63. The Bertz CT molecular complexity index is 410. The molecule has 0 heterocycles. The highest BCUT2D eigenvalue weighted by molar-refractivity contribution is 5.84. The third kappa shape index (κ3) is 2.39. The van der Waals surface area contributed by atoms with Crippen molar-refractivity contribution in [1.82, 2.24) is 5.32 Å². The molecule has 0 aromatic heterocycles. The molecule has 2 unspecified atom stereocenters. The number of rotatable bonds is 5. The van der Waals surface area contributed by atoms with E-state index >= 15 is 0 Å². The van der Waals surface area contributed by atoms with Crippen LogP contribution in [0.1, 0.15) is 45.4 Å². The predicted octanol–water partition coefficient (Wildman–Crippen LogP) is 0.425. The summed E-state index contributed by atoms with van der Waals surface area (Å²) in [6, 6.07) is 0. The van der Waals surface area contributed by atoms with Gasteiger partial charge < -0.3 is 20.6 Å². The summed E-state index contributed by atoms with van der Waals surface area (Å²) < 4.78 is 0. The SMILES string of the molecule is CC12CC3CC(C1)CC(C(=O)NC(CO)(CO)CO)(C3)C2. The fourth-order valence-corrected chi connectivity index (χ4v) is 5.63. The number of hydrogen-bond acceptors (Lipinski definition) is 4. The third-order valence-corrected chi connectivity index (χ3v) is 6.12. The molecule has 4 saturated carbocycles. The summed E-state index contributed by atoms with van der Waals surface area (Å²) in [6.45, 7) is 0.938. The van der Waals surface area contributed by atoms with E-state index in [4.69, 9.17) is 0 Å². The average Bonchev–Trinajstić information content (AvgIpc) is 2.42. The zero-order valence-electron chi connectivity index (χ0n) is 12.8. The van der Waals surface area contributed by atoms with Gasteiger partial charge in [-0.15, -0.1) is 0 Å². The fraction of sp³-hybridized carbons (Fsp3) is 0.938. The lowest BCUT2D eigenvalue weighted by molar-refractivity contribution is -0.159. The molecule has 0 saturated heterocycles. The van der Waals surface area contributed by atoms with E-state index in [0.29, 0.717) is 11.8 Å². The molecule has 4 bridgehead atoms. The van der Waals surface area contributed by atoms with Gasteiger partial charge in [-0.1, -0.05) is 6.92 Å². The summed E-state index contributed by atoms with van der Waals surface area (Å²) in [5.74, 6) is 1.18. The molecular weight excluding hydrogens is 270 g/mol. The molecule has 4 aliphatic carbocycles. The molecular formula is C16H27NO4. The Morgan fingerprint density at radius 1 is 1.10 bits per heavy atom. The first-order chi connectivity index (χ1) is 9.88. The summed E-state index contributed by atoms with van der Waals surface area (Å²) >= 11 is 0. The van der Waals surface area contributed by atoms with Gasteiger partial charge in [0.05, 0.1) is 25.2 Å². The molecule has 0 radical (unpaired) electrons. The molecule has 0 aromatic carbocycles. The zero-order chi connectivity index (χ0) is 15.3. The van der Waals surface area contributed by atoms with E-state index < -0.39 is 25.4 Å². The van der Waals surface area contributed by atoms with Crippen molar-refractivity contribution in [2.24, 2.45) is 22.7 Å². The third-order valence-electron chi connectivity index (χ3n) is 6.12. The Morgan fingerprint density at radius 3 is 2.05 bits per heavy atom. The number of carbonyl (C=O) groups excluding carboxylic acids is 1. The van der Waals surface area contributed by atoms with Crippen molar-refractivity contribution in [3.63, 3.8) is 0 Å². The van der Waals surface area contributed by atoms with E-state index in [9.17, 15) is 20.1 Å². The molecule has 120 valence electrons. The Labute approximate surface area is 125 Å². The maximum absolute atomic E-state index is 12.9. The largest absolute Gasteiger partial charge is 0.394 e. The van der Waals surface area contributed by atoms with E-state index in [1.54, 1.807) is 0 Å². The van der Waals surface area contributed by atoms with Crippen molar-refractivity contribution in [2.45, 2.75) is 51.0 Å². The highest BCUT2D eigenvalue weighted by Crippen LogP contribution is 2.65. The highest BCUT2D eigenvalue weighted by Gasteiger charge is 2.59. The topological polar surface area (TPSA) is 89.8 Å². The van der Waals surface area contributed by atoms with E-state index in [1.165, 1.54) is 19.3 Å². The van der Waals surface area contributed by atoms with Crippen LogP contribution in [-0.2, 0) is 4.79 Å². The monoisotopic (exact) mass is 297 g/mol. The van der Waals surface area contributed by atoms with Gasteiger partial charge >= 0.3 is 0 Å². The van der Waals surface area contributed by atoms with Gasteiger partial charge in [0.2, 0.25) is 5.91 Å². The molecule has 5 heteroatoms. The van der Waals surface area contributed by atoms with Gasteiger partial charge in [-0.05, 0) is 55.8 Å². The summed E-state index contributed by atoms with van der Waals surface area (Å²) in [5.41, 5.74) is -1.40. The molecule has 4 rings (SSSR count). The molecule has 0 aliphatic heterocycles. The Hall–Kier alpha value is -0.650. The molecule has 0 aromatic rings. The second-order valence-electron chi connectivity index (χ2n) is 8.26. The second kappa shape index (κ2) is 4.93. The van der Waals surface area contributed by atoms with Crippen molar-refractivity contribution >= 4 is 5.91 Å². The van der Waals surface area contributed by atoms with Gasteiger partial charge in [-0.3, -0.25) is 4.79 Å². The summed E-state index contributed by atoms with van der Waals surface area (Å²) in [4.78, 5) is 12.9. The van der Waals surface area contributed by atoms with Crippen LogP contribution in [0.15, 0.2) is 0 Å². The van der Waals surface area contributed by atoms with Crippen molar-refractivity contribution < 1.29 is 20.1 Å². The second-order valence-corrected chi connectivity index (χ2v) is 8.26. The Kier molecular flexibility index (Phi) is 3.58. The number of nitrogens with one attached hydrogen (secondary N) is 1. The summed E-state index contributed by atoms with van der Waals surface area (Å²) in [7, 11) is 0. The number of carbonyl (C=O) groups is 1. The van der Waals surface area contributed by atoms with Gasteiger partial charge in [0.15, 0.2) is 0 Å². The van der Waals surface area contributed by atoms with Crippen LogP contribution in [0.4, 0.5) is 0 Å². The molecule has 5 nitrogen and oxygen atoms in total. The maximum Gasteiger partial charge on any atom is 0.226 e. The predicted molar refractivity (Wildman–Crippen MR) is 77.4 cm³/mol. The number of aliphatic hydroxyl groups is 3. The van der Waals surface area contributed by atoms with Gasteiger partial charge in [0.1, 0.15) is 5.54 Å². The lowest BCUT2D eigenvalue weighted by atomic mass is 9.44. The van der Waals surface area contributed by atoms with Crippen LogP contribution >= 0.6 is 0 Å². The van der Waals surface area contributed by atoms with E-state index in [1.807, 2.05) is 0 Å². The van der Waals surface area contributed by atoms with Crippen LogP contribution in [0.5, 0.6) is 0 Å². The van der Waals surface area contributed by atoms with E-state index in [0.717, 1.165) is 19.3 Å². The van der Waals surface area contributed by atoms with Gasteiger partial charge in [-0.2, -0.15) is 0 Å². The van der Waals surface area contributed by atoms with Crippen molar-refractivity contribution in [3.8, 4) is 0 Å². The normalized spacial score (nSPS) is 41.3. The quantitative estimate of drug-likeness (QED) is 0.592. The van der Waals surface area contributed by atoms with Crippen LogP contribution in [0.3, 0.4) is 0 Å². The van der Waals surface area contributed by atoms with Crippen LogP contribution in [-0.4, -0.2) is 46.6 Å². The average molecular weight is 297 g/mol. The van der Waals surface area contributed by atoms with Gasteiger partial charge in [0.25, 0.3) is 0 Å². The van der Waals surface area contributed by atoms with Crippen LogP contribution in [0, 0.1) is 22.7 Å². The summed E-state index contributed by atoms with van der Waals surface area (Å²) in [5, 5.41) is 31.0. The number of hydrogen-bond donors (Lipinski definition) is 4. The lowest BCUT2D eigenvalue weighted by Gasteiger charge is -2.60. The van der Waals surface area contributed by atoms with Gasteiger partial charge in [0, 0.05) is 0 Å².